The summed E-state index contributed by atoms with van der Waals surface area (Å²) in [5, 5.41) is 7.93. The van der Waals surface area contributed by atoms with Gasteiger partial charge in [-0.15, -0.1) is 0 Å². The highest BCUT2D eigenvalue weighted by Gasteiger charge is 2.19. The molecule has 1 aromatic rings. The van der Waals surface area contributed by atoms with Crippen molar-refractivity contribution in [2.45, 2.75) is 18.9 Å². The summed E-state index contributed by atoms with van der Waals surface area (Å²) in [4.78, 5) is 8.40. The van der Waals surface area contributed by atoms with Gasteiger partial charge in [-0.1, -0.05) is 16.9 Å². The Hall–Kier alpha value is -1.08. The number of aromatic nitrogens is 2. The molecule has 1 aliphatic rings. The first-order valence-corrected chi connectivity index (χ1v) is 6.55. The van der Waals surface area contributed by atoms with Crippen LogP contribution >= 0.6 is 11.8 Å². The molecule has 1 unspecified atom stereocenters. The summed E-state index contributed by atoms with van der Waals surface area (Å²) >= 11 is 1.75. The third kappa shape index (κ3) is 4.01. The number of nitrogens with zero attached hydrogens (tertiary/aromatic N) is 3. The van der Waals surface area contributed by atoms with Crippen molar-refractivity contribution >= 4 is 16.9 Å². The lowest BCUT2D eigenvalue weighted by molar-refractivity contribution is 0.188. The van der Waals surface area contributed by atoms with Crippen LogP contribution in [0.5, 0.6) is 0 Å². The van der Waals surface area contributed by atoms with Gasteiger partial charge < -0.3 is 14.6 Å². The van der Waals surface area contributed by atoms with E-state index in [2.05, 4.69) is 20.4 Å². The zero-order valence-electron chi connectivity index (χ0n) is 9.76. The van der Waals surface area contributed by atoms with Crippen LogP contribution in [-0.2, 0) is 11.2 Å². The van der Waals surface area contributed by atoms with Gasteiger partial charge >= 0.3 is 0 Å². The summed E-state index contributed by atoms with van der Waals surface area (Å²) in [6.07, 6.45) is 3.12. The number of ether oxygens (including phenoxy) is 1. The van der Waals surface area contributed by atoms with Crippen molar-refractivity contribution in [3.05, 3.63) is 12.2 Å². The van der Waals surface area contributed by atoms with E-state index in [1.807, 2.05) is 0 Å². The van der Waals surface area contributed by atoms with Gasteiger partial charge in [-0.3, -0.25) is 4.99 Å². The lowest BCUT2D eigenvalue weighted by Crippen LogP contribution is -2.28. The van der Waals surface area contributed by atoms with E-state index in [1.54, 1.807) is 18.9 Å². The summed E-state index contributed by atoms with van der Waals surface area (Å²) in [6.45, 7) is 1.46. The normalized spacial score (nSPS) is 21.9. The number of methoxy groups -OCH3 is 1. The zero-order valence-corrected chi connectivity index (χ0v) is 10.6. The van der Waals surface area contributed by atoms with Gasteiger partial charge in [-0.05, 0) is 6.42 Å². The fourth-order valence-electron chi connectivity index (χ4n) is 1.50. The summed E-state index contributed by atoms with van der Waals surface area (Å²) in [5.74, 6) is 1.69. The first-order valence-electron chi connectivity index (χ1n) is 5.56. The summed E-state index contributed by atoms with van der Waals surface area (Å²) in [6, 6.07) is 0.474. The van der Waals surface area contributed by atoms with E-state index in [4.69, 9.17) is 9.26 Å². The van der Waals surface area contributed by atoms with E-state index in [-0.39, 0.29) is 0 Å². The second-order valence-corrected chi connectivity index (χ2v) is 4.71. The van der Waals surface area contributed by atoms with Crippen LogP contribution in [0.2, 0.25) is 0 Å². The van der Waals surface area contributed by atoms with E-state index in [0.717, 1.165) is 23.9 Å². The third-order valence-corrected chi connectivity index (χ3v) is 3.50. The molecule has 0 aromatic carbocycles. The maximum Gasteiger partial charge on any atom is 0.228 e. The van der Waals surface area contributed by atoms with Crippen molar-refractivity contribution in [2.24, 2.45) is 4.99 Å². The van der Waals surface area contributed by atoms with Gasteiger partial charge in [0.1, 0.15) is 0 Å². The average Bonchev–Trinajstić information content (AvgIpc) is 2.98. The second kappa shape index (κ2) is 6.61. The summed E-state index contributed by atoms with van der Waals surface area (Å²) in [7, 11) is 1.72. The molecule has 0 aliphatic carbocycles. The summed E-state index contributed by atoms with van der Waals surface area (Å²) < 4.78 is 9.95. The van der Waals surface area contributed by atoms with Crippen LogP contribution in [-0.4, -0.2) is 47.4 Å². The standard InChI is InChI=1S/C10H16N4O2S/c1-15-5-3-8-6-17-10(14-8)11-4-2-9-12-7-13-16-9/h7-8H,2-6H2,1H3,(H,11,14). The molecular formula is C10H16N4O2S. The van der Waals surface area contributed by atoms with Crippen LogP contribution in [0.4, 0.5) is 0 Å². The smallest absolute Gasteiger partial charge is 0.228 e. The highest BCUT2D eigenvalue weighted by Crippen LogP contribution is 2.15. The Kier molecular flexibility index (Phi) is 4.81. The van der Waals surface area contributed by atoms with Gasteiger partial charge in [-0.25, -0.2) is 0 Å². The van der Waals surface area contributed by atoms with Crippen LogP contribution in [0.1, 0.15) is 12.3 Å². The quantitative estimate of drug-likeness (QED) is 0.808. The molecule has 94 valence electrons. The molecule has 0 amide bonds. The molecule has 1 N–H and O–H groups in total. The van der Waals surface area contributed by atoms with Crippen molar-refractivity contribution < 1.29 is 9.26 Å². The SMILES string of the molecule is COCCC1CSC(=NCCc2ncno2)N1. The molecule has 1 aromatic heterocycles. The highest BCUT2D eigenvalue weighted by atomic mass is 32.2. The van der Waals surface area contributed by atoms with E-state index in [9.17, 15) is 0 Å². The Bertz CT molecular complexity index is 355. The number of thioether (sulfide) groups is 1. The van der Waals surface area contributed by atoms with Crippen LogP contribution in [0.25, 0.3) is 0 Å². The van der Waals surface area contributed by atoms with Crippen molar-refractivity contribution in [3.8, 4) is 0 Å². The minimum Gasteiger partial charge on any atom is -0.385 e. The molecule has 1 saturated heterocycles. The van der Waals surface area contributed by atoms with Crippen molar-refractivity contribution in [1.29, 1.82) is 0 Å². The fraction of sp³-hybridized carbons (Fsp3) is 0.700. The molecule has 1 fully saturated rings. The topological polar surface area (TPSA) is 72.5 Å². The summed E-state index contributed by atoms with van der Waals surface area (Å²) in [5.41, 5.74) is 0. The Morgan fingerprint density at radius 2 is 2.65 bits per heavy atom. The first kappa shape index (κ1) is 12.4. The Labute approximate surface area is 104 Å². The van der Waals surface area contributed by atoms with Crippen molar-refractivity contribution in [3.63, 3.8) is 0 Å². The monoisotopic (exact) mass is 256 g/mol. The first-order chi connectivity index (χ1) is 8.38. The second-order valence-electron chi connectivity index (χ2n) is 3.71. The van der Waals surface area contributed by atoms with Gasteiger partial charge in [0.2, 0.25) is 5.89 Å². The highest BCUT2D eigenvalue weighted by molar-refractivity contribution is 8.14. The molecule has 0 bridgehead atoms. The maximum atomic E-state index is 5.05. The Morgan fingerprint density at radius 3 is 3.41 bits per heavy atom. The Balaban J connectivity index is 1.69. The van der Waals surface area contributed by atoms with E-state index < -0.39 is 0 Å². The number of hydrogen-bond donors (Lipinski definition) is 1. The fourth-order valence-corrected chi connectivity index (χ4v) is 2.55. The molecule has 17 heavy (non-hydrogen) atoms. The number of nitrogens with one attached hydrogen (secondary N) is 1. The lowest BCUT2D eigenvalue weighted by atomic mass is 10.2. The number of aliphatic imine (C=N–C) groups is 1. The molecule has 6 nitrogen and oxygen atoms in total. The van der Waals surface area contributed by atoms with Gasteiger partial charge in [0.25, 0.3) is 0 Å². The largest absolute Gasteiger partial charge is 0.385 e. The van der Waals surface area contributed by atoms with E-state index >= 15 is 0 Å². The Morgan fingerprint density at radius 1 is 1.71 bits per heavy atom. The molecule has 0 saturated carbocycles. The molecular weight excluding hydrogens is 240 g/mol. The number of amidine groups is 1. The van der Waals surface area contributed by atoms with E-state index in [1.165, 1.54) is 6.33 Å². The number of rotatable bonds is 6. The number of hydrogen-bond acceptors (Lipinski definition) is 6. The van der Waals surface area contributed by atoms with Crippen molar-refractivity contribution in [2.75, 3.05) is 26.0 Å². The molecule has 0 radical (unpaired) electrons. The van der Waals surface area contributed by atoms with Crippen LogP contribution < -0.4 is 5.32 Å². The van der Waals surface area contributed by atoms with Crippen LogP contribution in [0, 0.1) is 0 Å². The van der Waals surface area contributed by atoms with Gasteiger partial charge in [0.15, 0.2) is 11.5 Å². The van der Waals surface area contributed by atoms with E-state index in [0.29, 0.717) is 24.9 Å². The maximum absolute atomic E-state index is 5.05. The van der Waals surface area contributed by atoms with Gasteiger partial charge in [-0.2, -0.15) is 4.98 Å². The minimum absolute atomic E-state index is 0.474. The molecule has 2 heterocycles. The molecule has 1 atom stereocenters. The van der Waals surface area contributed by atoms with Gasteiger partial charge in [0.05, 0.1) is 6.54 Å². The third-order valence-electron chi connectivity index (χ3n) is 2.41. The van der Waals surface area contributed by atoms with Gasteiger partial charge in [0, 0.05) is 31.9 Å². The van der Waals surface area contributed by atoms with Crippen LogP contribution in [0.3, 0.4) is 0 Å². The molecule has 1 aliphatic heterocycles. The zero-order chi connectivity index (χ0) is 11.9. The predicted octanol–water partition coefficient (Wildman–Crippen LogP) is 0.710. The molecule has 2 rings (SSSR count). The van der Waals surface area contributed by atoms with Crippen LogP contribution in [0.15, 0.2) is 15.8 Å². The molecule has 0 spiro atoms. The van der Waals surface area contributed by atoms with Crippen molar-refractivity contribution in [1.82, 2.24) is 15.5 Å². The minimum atomic E-state index is 0.474. The molecule has 7 heteroatoms. The lowest BCUT2D eigenvalue weighted by Gasteiger charge is -2.07. The predicted molar refractivity (Wildman–Crippen MR) is 66.2 cm³/mol. The average molecular weight is 256 g/mol.